The maximum atomic E-state index is 11.2. The van der Waals surface area contributed by atoms with Crippen LogP contribution in [0.1, 0.15) is 22.9 Å². The molecule has 3 N–H and O–H groups in total. The second-order valence-electron chi connectivity index (χ2n) is 3.86. The van der Waals surface area contributed by atoms with Gasteiger partial charge in [-0.25, -0.2) is 9.59 Å². The lowest BCUT2D eigenvalue weighted by Gasteiger charge is -2.26. The van der Waals surface area contributed by atoms with Crippen LogP contribution in [0.15, 0.2) is 18.2 Å². The van der Waals surface area contributed by atoms with Crippen LogP contribution in [0, 0.1) is 13.8 Å². The molecule has 1 aliphatic heterocycles. The van der Waals surface area contributed by atoms with E-state index in [4.69, 9.17) is 0 Å². The second-order valence-corrected chi connectivity index (χ2v) is 3.86. The highest BCUT2D eigenvalue weighted by Crippen LogP contribution is 2.18. The summed E-state index contributed by atoms with van der Waals surface area (Å²) in [5, 5.41) is 7.39. The van der Waals surface area contributed by atoms with Crippen molar-refractivity contribution in [2.75, 3.05) is 0 Å². The Hall–Kier alpha value is -2.04. The van der Waals surface area contributed by atoms with Crippen molar-refractivity contribution in [2.45, 2.75) is 20.0 Å². The zero-order valence-electron chi connectivity index (χ0n) is 9.13. The van der Waals surface area contributed by atoms with Crippen LogP contribution in [0.5, 0.6) is 0 Å². The van der Waals surface area contributed by atoms with Crippen LogP contribution in [0.4, 0.5) is 9.59 Å². The van der Waals surface area contributed by atoms with Crippen molar-refractivity contribution in [3.63, 3.8) is 0 Å². The second kappa shape index (κ2) is 3.84. The number of hydrogen-bond acceptors (Lipinski definition) is 2. The summed E-state index contributed by atoms with van der Waals surface area (Å²) in [7, 11) is 0. The van der Waals surface area contributed by atoms with Gasteiger partial charge < -0.3 is 10.6 Å². The largest absolute Gasteiger partial charge is 0.324 e. The monoisotopic (exact) mass is 219 g/mol. The number of aryl methyl sites for hydroxylation is 2. The van der Waals surface area contributed by atoms with Gasteiger partial charge in [-0.1, -0.05) is 23.8 Å². The zero-order chi connectivity index (χ0) is 11.7. The minimum atomic E-state index is -0.478. The molecule has 0 atom stereocenters. The van der Waals surface area contributed by atoms with Gasteiger partial charge in [0.2, 0.25) is 0 Å². The van der Waals surface area contributed by atoms with Crippen LogP contribution in [0.25, 0.3) is 0 Å². The number of imide groups is 1. The lowest BCUT2D eigenvalue weighted by molar-refractivity contribution is 0.209. The minimum Gasteiger partial charge on any atom is -0.313 e. The molecule has 1 aromatic carbocycles. The summed E-state index contributed by atoms with van der Waals surface area (Å²) in [6, 6.07) is 4.90. The van der Waals surface area contributed by atoms with Crippen molar-refractivity contribution >= 4 is 12.1 Å². The normalized spacial score (nSPS) is 16.4. The average Bonchev–Trinajstić information content (AvgIpc) is 2.15. The molecule has 5 heteroatoms. The third-order valence-corrected chi connectivity index (χ3v) is 2.51. The summed E-state index contributed by atoms with van der Waals surface area (Å²) in [4.78, 5) is 22.3. The van der Waals surface area contributed by atoms with Crippen LogP contribution in [0.3, 0.4) is 0 Å². The first-order valence-electron chi connectivity index (χ1n) is 5.01. The molecule has 0 radical (unpaired) electrons. The molecule has 5 nitrogen and oxygen atoms in total. The summed E-state index contributed by atoms with van der Waals surface area (Å²) >= 11 is 0. The first kappa shape index (κ1) is 10.5. The number of benzene rings is 1. The van der Waals surface area contributed by atoms with Gasteiger partial charge in [0.15, 0.2) is 0 Å². The molecule has 0 aromatic heterocycles. The van der Waals surface area contributed by atoms with Gasteiger partial charge >= 0.3 is 12.1 Å². The number of nitrogens with one attached hydrogen (secondary N) is 3. The van der Waals surface area contributed by atoms with Gasteiger partial charge in [0.1, 0.15) is 6.17 Å². The third-order valence-electron chi connectivity index (χ3n) is 2.51. The smallest absolute Gasteiger partial charge is 0.313 e. The minimum absolute atomic E-state index is 0.457. The Bertz CT molecular complexity index is 441. The average molecular weight is 219 g/mol. The Morgan fingerprint density at radius 2 is 1.69 bits per heavy atom. The van der Waals surface area contributed by atoms with E-state index in [2.05, 4.69) is 16.0 Å². The van der Waals surface area contributed by atoms with E-state index in [1.165, 1.54) is 0 Å². The Balaban J connectivity index is 2.29. The number of urea groups is 2. The Kier molecular flexibility index (Phi) is 2.52. The first-order valence-corrected chi connectivity index (χ1v) is 5.01. The van der Waals surface area contributed by atoms with Gasteiger partial charge in [-0.3, -0.25) is 5.32 Å². The molecular weight excluding hydrogens is 206 g/mol. The van der Waals surface area contributed by atoms with E-state index in [9.17, 15) is 9.59 Å². The van der Waals surface area contributed by atoms with Gasteiger partial charge in [-0.2, -0.15) is 0 Å². The number of rotatable bonds is 1. The van der Waals surface area contributed by atoms with Crippen molar-refractivity contribution in [3.8, 4) is 0 Å². The number of amides is 4. The molecule has 1 heterocycles. The van der Waals surface area contributed by atoms with Crippen LogP contribution >= 0.6 is 0 Å². The quantitative estimate of drug-likeness (QED) is 0.666. The number of carbonyl (C=O) groups excluding carboxylic acids is 2. The van der Waals surface area contributed by atoms with E-state index in [1.807, 2.05) is 32.0 Å². The van der Waals surface area contributed by atoms with Gasteiger partial charge in [0, 0.05) is 0 Å². The lowest BCUT2D eigenvalue weighted by atomic mass is 10.0. The van der Waals surface area contributed by atoms with Gasteiger partial charge in [-0.05, 0) is 25.0 Å². The zero-order valence-corrected chi connectivity index (χ0v) is 9.13. The summed E-state index contributed by atoms with van der Waals surface area (Å²) in [5.74, 6) is 0. The molecule has 1 aliphatic rings. The first-order chi connectivity index (χ1) is 7.56. The van der Waals surface area contributed by atoms with E-state index in [0.717, 1.165) is 16.7 Å². The van der Waals surface area contributed by atoms with Crippen molar-refractivity contribution in [1.82, 2.24) is 16.0 Å². The maximum Gasteiger partial charge on any atom is 0.324 e. The number of hydrogen-bond donors (Lipinski definition) is 3. The van der Waals surface area contributed by atoms with Gasteiger partial charge in [0.25, 0.3) is 0 Å². The highest BCUT2D eigenvalue weighted by atomic mass is 16.2. The van der Waals surface area contributed by atoms with Crippen LogP contribution in [0.2, 0.25) is 0 Å². The topological polar surface area (TPSA) is 70.2 Å². The van der Waals surface area contributed by atoms with E-state index < -0.39 is 18.2 Å². The molecule has 1 fully saturated rings. The molecule has 4 amide bonds. The van der Waals surface area contributed by atoms with E-state index >= 15 is 0 Å². The molecule has 0 saturated carbocycles. The summed E-state index contributed by atoms with van der Waals surface area (Å²) < 4.78 is 0. The van der Waals surface area contributed by atoms with Crippen molar-refractivity contribution < 1.29 is 9.59 Å². The van der Waals surface area contributed by atoms with Gasteiger partial charge in [-0.15, -0.1) is 0 Å². The molecular formula is C11H13N3O2. The molecule has 1 saturated heterocycles. The molecule has 16 heavy (non-hydrogen) atoms. The molecule has 2 rings (SSSR count). The summed E-state index contributed by atoms with van der Waals surface area (Å²) in [5.41, 5.74) is 3.08. The van der Waals surface area contributed by atoms with Crippen molar-refractivity contribution in [2.24, 2.45) is 0 Å². The maximum absolute atomic E-state index is 11.2. The van der Waals surface area contributed by atoms with E-state index in [1.54, 1.807) is 0 Å². The standard InChI is InChI=1S/C11H13N3O2/c1-6-3-4-8(7(2)5-6)9-12-10(15)14-11(16)13-9/h3-5,9H,1-2H3,(H3,12,13,14,15,16). The van der Waals surface area contributed by atoms with Crippen molar-refractivity contribution in [1.29, 1.82) is 0 Å². The summed E-state index contributed by atoms with van der Waals surface area (Å²) in [6.45, 7) is 3.94. The Morgan fingerprint density at radius 3 is 2.25 bits per heavy atom. The predicted octanol–water partition coefficient (Wildman–Crippen LogP) is 1.32. The molecule has 84 valence electrons. The van der Waals surface area contributed by atoms with Gasteiger partial charge in [0.05, 0.1) is 0 Å². The molecule has 0 unspecified atom stereocenters. The highest BCUT2D eigenvalue weighted by molar-refractivity contribution is 5.96. The molecule has 0 bridgehead atoms. The molecule has 0 aliphatic carbocycles. The fourth-order valence-electron chi connectivity index (χ4n) is 1.78. The fourth-order valence-corrected chi connectivity index (χ4v) is 1.78. The van der Waals surface area contributed by atoms with Crippen LogP contribution in [-0.4, -0.2) is 12.1 Å². The van der Waals surface area contributed by atoms with Crippen LogP contribution in [-0.2, 0) is 0 Å². The Labute approximate surface area is 93.2 Å². The Morgan fingerprint density at radius 1 is 1.06 bits per heavy atom. The third kappa shape index (κ3) is 1.98. The SMILES string of the molecule is Cc1ccc(C2NC(=O)NC(=O)N2)c(C)c1. The molecule has 1 aromatic rings. The van der Waals surface area contributed by atoms with E-state index in [0.29, 0.717) is 0 Å². The lowest BCUT2D eigenvalue weighted by Crippen LogP contribution is -2.57. The van der Waals surface area contributed by atoms with Crippen LogP contribution < -0.4 is 16.0 Å². The molecule has 0 spiro atoms. The fraction of sp³-hybridized carbons (Fsp3) is 0.273. The highest BCUT2D eigenvalue weighted by Gasteiger charge is 2.24. The van der Waals surface area contributed by atoms with Crippen molar-refractivity contribution in [3.05, 3.63) is 34.9 Å². The predicted molar refractivity (Wildman–Crippen MR) is 58.9 cm³/mol. The van der Waals surface area contributed by atoms with E-state index in [-0.39, 0.29) is 0 Å². The number of carbonyl (C=O) groups is 2. The summed E-state index contributed by atoms with van der Waals surface area (Å²) in [6.07, 6.45) is -0.457.